The highest BCUT2D eigenvalue weighted by molar-refractivity contribution is 5.46. The lowest BCUT2D eigenvalue weighted by atomic mass is 9.85. The fourth-order valence-electron chi connectivity index (χ4n) is 2.70. The van der Waals surface area contributed by atoms with Crippen LogP contribution >= 0.6 is 0 Å². The Morgan fingerprint density at radius 2 is 1.54 bits per heavy atom. The largest absolute Gasteiger partial charge is 0.375 e. The molecule has 0 fully saturated rings. The van der Waals surface area contributed by atoms with E-state index in [1.54, 1.807) is 0 Å². The Kier molecular flexibility index (Phi) is 8.10. The minimum Gasteiger partial charge on any atom is -0.375 e. The van der Waals surface area contributed by atoms with Gasteiger partial charge in [-0.05, 0) is 43.4 Å². The summed E-state index contributed by atoms with van der Waals surface area (Å²) >= 11 is 0. The number of anilines is 1. The molecule has 0 unspecified atom stereocenters. The third-order valence-electron chi connectivity index (χ3n) is 4.45. The maximum absolute atomic E-state index is 2.37. The molecule has 0 amide bonds. The number of aryl methyl sites for hydroxylation is 1. The number of allylic oxidation sites excluding steroid dienone is 3. The molecule has 0 spiro atoms. The van der Waals surface area contributed by atoms with Crippen LogP contribution in [0.3, 0.4) is 0 Å². The summed E-state index contributed by atoms with van der Waals surface area (Å²) in [7, 11) is 4.37. The normalized spacial score (nSPS) is 15.2. The Labute approximate surface area is 149 Å². The van der Waals surface area contributed by atoms with Crippen molar-refractivity contribution in [1.29, 1.82) is 0 Å². The second-order valence-corrected chi connectivity index (χ2v) is 7.19. The molecule has 0 atom stereocenters. The third-order valence-corrected chi connectivity index (χ3v) is 4.45. The van der Waals surface area contributed by atoms with Crippen molar-refractivity contribution in [2.45, 2.75) is 47.5 Å². The lowest BCUT2D eigenvalue weighted by molar-refractivity contribution is 0.402. The molecule has 24 heavy (non-hydrogen) atoms. The van der Waals surface area contributed by atoms with Crippen LogP contribution in [-0.4, -0.2) is 32.1 Å². The van der Waals surface area contributed by atoms with Crippen LogP contribution in [0.25, 0.3) is 0 Å². The van der Waals surface area contributed by atoms with Crippen molar-refractivity contribution < 1.29 is 0 Å². The lowest BCUT2D eigenvalue weighted by Gasteiger charge is -2.28. The summed E-state index contributed by atoms with van der Waals surface area (Å²) in [4.78, 5) is 4.70. The van der Waals surface area contributed by atoms with Crippen LogP contribution in [0.5, 0.6) is 0 Å². The highest BCUT2D eigenvalue weighted by atomic mass is 15.1. The van der Waals surface area contributed by atoms with Gasteiger partial charge in [0.25, 0.3) is 0 Å². The first-order valence-electron chi connectivity index (χ1n) is 9.26. The zero-order valence-electron chi connectivity index (χ0n) is 16.8. The first-order valence-corrected chi connectivity index (χ1v) is 9.26. The van der Waals surface area contributed by atoms with E-state index >= 15 is 0 Å². The Morgan fingerprint density at radius 1 is 0.958 bits per heavy atom. The van der Waals surface area contributed by atoms with Gasteiger partial charge in [-0.25, -0.2) is 0 Å². The van der Waals surface area contributed by atoms with E-state index in [0.717, 1.165) is 25.9 Å². The molecule has 0 bridgehead atoms. The van der Waals surface area contributed by atoms with E-state index in [0.29, 0.717) is 5.41 Å². The quantitative estimate of drug-likeness (QED) is 0.666. The summed E-state index contributed by atoms with van der Waals surface area (Å²) in [6.45, 7) is 12.9. The molecule has 1 aromatic carbocycles. The van der Waals surface area contributed by atoms with Crippen LogP contribution in [0, 0.1) is 12.3 Å². The van der Waals surface area contributed by atoms with E-state index in [4.69, 9.17) is 0 Å². The number of likely N-dealkylation sites (N-methyl/N-ethyl adjacent to an activating group) is 1. The standard InChI is InChI=1S/C20H30N2.C2H6/c1-17-7-9-18(10-8-17)21(4)15-6-16-22(5)19-11-13-20(2,3)14-12-19;1-2/h7-13H,6,14-16H2,1-5H3;1-2H3. The first kappa shape index (κ1) is 20.3. The molecule has 1 aliphatic rings. The molecular weight excluding hydrogens is 292 g/mol. The fraction of sp³-hybridized carbons (Fsp3) is 0.545. The minimum atomic E-state index is 0.315. The van der Waals surface area contributed by atoms with E-state index in [2.05, 4.69) is 87.2 Å². The number of nitrogens with zero attached hydrogens (tertiary/aromatic N) is 2. The molecule has 0 radical (unpaired) electrons. The summed E-state index contributed by atoms with van der Waals surface area (Å²) < 4.78 is 0. The molecule has 2 rings (SSSR count). The van der Waals surface area contributed by atoms with Gasteiger partial charge in [0, 0.05) is 38.6 Å². The second-order valence-electron chi connectivity index (χ2n) is 7.19. The molecule has 1 aromatic rings. The number of hydrogen-bond donors (Lipinski definition) is 0. The van der Waals surface area contributed by atoms with Gasteiger partial charge < -0.3 is 9.80 Å². The molecule has 134 valence electrons. The van der Waals surface area contributed by atoms with Crippen molar-refractivity contribution in [3.63, 3.8) is 0 Å². The Balaban J connectivity index is 0.00000139. The highest BCUT2D eigenvalue weighted by Crippen LogP contribution is 2.29. The Hall–Kier alpha value is -1.70. The Bertz CT molecular complexity index is 538. The molecule has 0 saturated carbocycles. The van der Waals surface area contributed by atoms with Gasteiger partial charge in [0.05, 0.1) is 0 Å². The second kappa shape index (κ2) is 9.56. The van der Waals surface area contributed by atoms with Crippen molar-refractivity contribution in [3.8, 4) is 0 Å². The summed E-state index contributed by atoms with van der Waals surface area (Å²) in [5, 5.41) is 0. The third kappa shape index (κ3) is 6.43. The summed E-state index contributed by atoms with van der Waals surface area (Å²) in [6.07, 6.45) is 9.26. The van der Waals surface area contributed by atoms with Crippen LogP contribution in [0.1, 0.15) is 46.1 Å². The number of benzene rings is 1. The van der Waals surface area contributed by atoms with Crippen LogP contribution in [0.4, 0.5) is 5.69 Å². The van der Waals surface area contributed by atoms with Crippen LogP contribution in [0.15, 0.2) is 48.2 Å². The Morgan fingerprint density at radius 3 is 2.08 bits per heavy atom. The van der Waals surface area contributed by atoms with Gasteiger partial charge in [-0.2, -0.15) is 0 Å². The zero-order chi connectivity index (χ0) is 18.2. The molecule has 2 heteroatoms. The maximum Gasteiger partial charge on any atom is 0.0363 e. The minimum absolute atomic E-state index is 0.315. The van der Waals surface area contributed by atoms with E-state index < -0.39 is 0 Å². The van der Waals surface area contributed by atoms with Gasteiger partial charge in [0.1, 0.15) is 0 Å². The van der Waals surface area contributed by atoms with E-state index in [1.165, 1.54) is 16.9 Å². The molecule has 1 aliphatic carbocycles. The molecular formula is C22H36N2. The van der Waals surface area contributed by atoms with E-state index in [9.17, 15) is 0 Å². The van der Waals surface area contributed by atoms with Gasteiger partial charge in [-0.15, -0.1) is 0 Å². The van der Waals surface area contributed by atoms with Gasteiger partial charge in [0.15, 0.2) is 0 Å². The summed E-state index contributed by atoms with van der Waals surface area (Å²) in [5.41, 5.74) is 4.29. The first-order chi connectivity index (χ1) is 11.4. The van der Waals surface area contributed by atoms with Crippen LogP contribution in [0.2, 0.25) is 0 Å². The molecule has 0 aromatic heterocycles. The average molecular weight is 329 g/mol. The van der Waals surface area contributed by atoms with Crippen molar-refractivity contribution in [3.05, 3.63) is 53.8 Å². The predicted octanol–water partition coefficient (Wildman–Crippen LogP) is 5.65. The lowest BCUT2D eigenvalue weighted by Crippen LogP contribution is -2.26. The van der Waals surface area contributed by atoms with Crippen molar-refractivity contribution >= 4 is 5.69 Å². The maximum atomic E-state index is 2.37. The topological polar surface area (TPSA) is 6.48 Å². The van der Waals surface area contributed by atoms with Gasteiger partial charge in [0.2, 0.25) is 0 Å². The summed E-state index contributed by atoms with van der Waals surface area (Å²) in [5.74, 6) is 0. The molecule has 0 N–H and O–H groups in total. The zero-order valence-corrected chi connectivity index (χ0v) is 16.8. The monoisotopic (exact) mass is 328 g/mol. The van der Waals surface area contributed by atoms with E-state index in [1.807, 2.05) is 13.8 Å². The van der Waals surface area contributed by atoms with E-state index in [-0.39, 0.29) is 0 Å². The van der Waals surface area contributed by atoms with Gasteiger partial charge >= 0.3 is 0 Å². The predicted molar refractivity (Wildman–Crippen MR) is 109 cm³/mol. The highest BCUT2D eigenvalue weighted by Gasteiger charge is 2.17. The van der Waals surface area contributed by atoms with Crippen LogP contribution in [-0.2, 0) is 0 Å². The number of rotatable bonds is 6. The van der Waals surface area contributed by atoms with Gasteiger partial charge in [-0.3, -0.25) is 0 Å². The molecule has 0 saturated heterocycles. The summed E-state index contributed by atoms with van der Waals surface area (Å²) in [6, 6.07) is 8.76. The van der Waals surface area contributed by atoms with Gasteiger partial charge in [-0.1, -0.05) is 57.5 Å². The van der Waals surface area contributed by atoms with Crippen molar-refractivity contribution in [2.75, 3.05) is 32.1 Å². The molecule has 2 nitrogen and oxygen atoms in total. The van der Waals surface area contributed by atoms with Crippen molar-refractivity contribution in [2.24, 2.45) is 5.41 Å². The number of hydrogen-bond acceptors (Lipinski definition) is 2. The molecule has 0 aliphatic heterocycles. The molecule has 0 heterocycles. The smallest absolute Gasteiger partial charge is 0.0363 e. The average Bonchev–Trinajstić information content (AvgIpc) is 2.57. The van der Waals surface area contributed by atoms with Crippen LogP contribution < -0.4 is 4.90 Å². The SMILES string of the molecule is CC.Cc1ccc(N(C)CCCN(C)C2=CCC(C)(C)C=C2)cc1. The van der Waals surface area contributed by atoms with Crippen molar-refractivity contribution in [1.82, 2.24) is 4.90 Å². The fourth-order valence-corrected chi connectivity index (χ4v) is 2.70.